The van der Waals surface area contributed by atoms with Crippen molar-refractivity contribution in [3.05, 3.63) is 94.8 Å². The van der Waals surface area contributed by atoms with Gasteiger partial charge in [-0.3, -0.25) is 0 Å². The summed E-state index contributed by atoms with van der Waals surface area (Å²) in [6.45, 7) is 2.08. The molecule has 35 heavy (non-hydrogen) atoms. The fourth-order valence-electron chi connectivity index (χ4n) is 6.86. The van der Waals surface area contributed by atoms with Gasteiger partial charge in [-0.25, -0.2) is 14.0 Å². The normalized spacial score (nSPS) is 24.4. The number of carbonyl (C=O) groups is 2. The number of benzene rings is 3. The van der Waals surface area contributed by atoms with Crippen LogP contribution in [0.3, 0.4) is 0 Å². The molecule has 3 aromatic rings. The Morgan fingerprint density at radius 1 is 1.03 bits per heavy atom. The molecule has 0 spiro atoms. The number of carboxylic acids is 1. The number of rotatable bonds is 6. The molecule has 3 saturated carbocycles. The lowest BCUT2D eigenvalue weighted by molar-refractivity contribution is -0.183. The first kappa shape index (κ1) is 21.8. The number of fused-ring (bicyclic) bond motifs is 3. The van der Waals surface area contributed by atoms with Crippen LogP contribution in [0.4, 0.5) is 9.18 Å². The maximum atomic E-state index is 13.8. The number of amides is 1. The number of carbonyl (C=O) groups excluding carboxylic acids is 1. The highest BCUT2D eigenvalue weighted by molar-refractivity contribution is 5.82. The van der Waals surface area contributed by atoms with E-state index in [0.717, 1.165) is 33.4 Å². The second-order valence-corrected chi connectivity index (χ2v) is 10.4. The molecule has 1 atom stereocenters. The van der Waals surface area contributed by atoms with Gasteiger partial charge in [0.15, 0.2) is 0 Å². The van der Waals surface area contributed by atoms with Gasteiger partial charge < -0.3 is 15.2 Å². The van der Waals surface area contributed by atoms with E-state index in [9.17, 15) is 19.1 Å². The van der Waals surface area contributed by atoms with Crippen molar-refractivity contribution >= 4 is 12.1 Å². The van der Waals surface area contributed by atoms with Gasteiger partial charge in [-0.1, -0.05) is 54.6 Å². The van der Waals surface area contributed by atoms with Crippen molar-refractivity contribution in [1.82, 2.24) is 5.32 Å². The zero-order valence-electron chi connectivity index (χ0n) is 19.4. The highest BCUT2D eigenvalue weighted by Gasteiger charge is 2.72. The summed E-state index contributed by atoms with van der Waals surface area (Å²) in [7, 11) is 0. The highest BCUT2D eigenvalue weighted by Crippen LogP contribution is 2.75. The predicted octanol–water partition coefficient (Wildman–Crippen LogP) is 5.55. The molecule has 0 aromatic heterocycles. The van der Waals surface area contributed by atoms with Gasteiger partial charge in [-0.05, 0) is 77.1 Å². The molecular weight excluding hydrogens is 445 g/mol. The fourth-order valence-corrected chi connectivity index (χ4v) is 6.86. The van der Waals surface area contributed by atoms with Crippen LogP contribution in [0.15, 0.2) is 66.7 Å². The third-order valence-electron chi connectivity index (χ3n) is 8.31. The van der Waals surface area contributed by atoms with Crippen molar-refractivity contribution in [3.8, 4) is 11.1 Å². The van der Waals surface area contributed by atoms with Crippen LogP contribution >= 0.6 is 0 Å². The van der Waals surface area contributed by atoms with Crippen LogP contribution in [0.25, 0.3) is 11.1 Å². The van der Waals surface area contributed by atoms with E-state index in [1.807, 2.05) is 43.3 Å². The summed E-state index contributed by atoms with van der Waals surface area (Å²) < 4.78 is 19.4. The number of hydrogen-bond donors (Lipinski definition) is 2. The minimum absolute atomic E-state index is 0.0920. The molecule has 2 bridgehead atoms. The van der Waals surface area contributed by atoms with Gasteiger partial charge in [0.05, 0.1) is 0 Å². The van der Waals surface area contributed by atoms with E-state index in [4.69, 9.17) is 4.74 Å². The molecule has 3 fully saturated rings. The molecule has 4 aliphatic rings. The number of aliphatic carboxylic acids is 1. The summed E-state index contributed by atoms with van der Waals surface area (Å²) in [4.78, 5) is 24.9. The van der Waals surface area contributed by atoms with E-state index in [2.05, 4.69) is 17.4 Å². The van der Waals surface area contributed by atoms with E-state index in [0.29, 0.717) is 19.3 Å². The number of hydrogen-bond acceptors (Lipinski definition) is 3. The van der Waals surface area contributed by atoms with Crippen molar-refractivity contribution in [2.24, 2.45) is 5.41 Å². The standard InChI is InChI=1S/C29H26FNO4/c1-17-10-11-18(30)12-24(17)28-14-29(15-28,16-28)25(26(32)33)31-27(34)35-13-23-21-8-4-2-6-19(21)20-7-3-5-9-22(20)23/h2-12,23,25H,13-16H2,1H3,(H,31,34)(H,32,33). The highest BCUT2D eigenvalue weighted by atomic mass is 19.1. The van der Waals surface area contributed by atoms with Crippen LogP contribution < -0.4 is 5.32 Å². The number of carboxylic acid groups (broad SMARTS) is 1. The first-order valence-corrected chi connectivity index (χ1v) is 11.9. The molecule has 6 heteroatoms. The summed E-state index contributed by atoms with van der Waals surface area (Å²) in [6, 6.07) is 19.9. The number of ether oxygens (including phenoxy) is 1. The molecule has 0 heterocycles. The minimum atomic E-state index is -1.07. The van der Waals surface area contributed by atoms with Gasteiger partial charge in [0, 0.05) is 11.3 Å². The number of nitrogens with one attached hydrogen (secondary N) is 1. The summed E-state index contributed by atoms with van der Waals surface area (Å²) >= 11 is 0. The molecule has 178 valence electrons. The Balaban J connectivity index is 1.13. The maximum absolute atomic E-state index is 13.8. The van der Waals surface area contributed by atoms with Crippen molar-refractivity contribution in [2.75, 3.05) is 6.61 Å². The average Bonchev–Trinajstić information content (AvgIpc) is 3.11. The zero-order valence-corrected chi connectivity index (χ0v) is 19.4. The topological polar surface area (TPSA) is 75.6 Å². The fraction of sp³-hybridized carbons (Fsp3) is 0.310. The monoisotopic (exact) mass is 471 g/mol. The molecule has 0 radical (unpaired) electrons. The first-order chi connectivity index (χ1) is 16.8. The average molecular weight is 472 g/mol. The predicted molar refractivity (Wildman–Crippen MR) is 129 cm³/mol. The van der Waals surface area contributed by atoms with E-state index < -0.39 is 23.5 Å². The summed E-state index contributed by atoms with van der Waals surface area (Å²) in [5, 5.41) is 12.5. The molecule has 4 aliphatic carbocycles. The van der Waals surface area contributed by atoms with Crippen molar-refractivity contribution in [3.63, 3.8) is 0 Å². The number of halogens is 1. The van der Waals surface area contributed by atoms with Gasteiger partial charge in [-0.2, -0.15) is 0 Å². The maximum Gasteiger partial charge on any atom is 0.407 e. The van der Waals surface area contributed by atoms with Crippen LogP contribution in [-0.2, 0) is 14.9 Å². The lowest BCUT2D eigenvalue weighted by Gasteiger charge is -2.72. The van der Waals surface area contributed by atoms with Crippen molar-refractivity contribution in [2.45, 2.75) is 43.6 Å². The molecule has 0 saturated heterocycles. The van der Waals surface area contributed by atoms with E-state index in [1.165, 1.54) is 6.07 Å². The van der Waals surface area contributed by atoms with Crippen LogP contribution in [0, 0.1) is 18.2 Å². The largest absolute Gasteiger partial charge is 0.480 e. The van der Waals surface area contributed by atoms with Crippen LogP contribution in [0.5, 0.6) is 0 Å². The lowest BCUT2D eigenvalue weighted by atomic mass is 9.31. The van der Waals surface area contributed by atoms with E-state index in [-0.39, 0.29) is 23.8 Å². The van der Waals surface area contributed by atoms with Gasteiger partial charge in [0.1, 0.15) is 18.5 Å². The van der Waals surface area contributed by atoms with Gasteiger partial charge in [0.2, 0.25) is 0 Å². The summed E-state index contributed by atoms with van der Waals surface area (Å²) in [5.74, 6) is -1.44. The first-order valence-electron chi connectivity index (χ1n) is 11.9. The van der Waals surface area contributed by atoms with Crippen LogP contribution in [0.2, 0.25) is 0 Å². The molecule has 0 aliphatic heterocycles. The second kappa shape index (κ2) is 7.67. The molecule has 3 aromatic carbocycles. The minimum Gasteiger partial charge on any atom is -0.480 e. The Kier molecular flexibility index (Phi) is 4.78. The van der Waals surface area contributed by atoms with Crippen molar-refractivity contribution in [1.29, 1.82) is 0 Å². The lowest BCUT2D eigenvalue weighted by Crippen LogP contribution is -2.73. The Labute approximate surface area is 202 Å². The molecule has 1 amide bonds. The second-order valence-electron chi connectivity index (χ2n) is 10.4. The zero-order chi connectivity index (χ0) is 24.4. The third-order valence-corrected chi connectivity index (χ3v) is 8.31. The number of aryl methyl sites for hydroxylation is 1. The van der Waals surface area contributed by atoms with Gasteiger partial charge in [-0.15, -0.1) is 0 Å². The van der Waals surface area contributed by atoms with Gasteiger partial charge >= 0.3 is 12.1 Å². The molecular formula is C29H26FNO4. The Morgan fingerprint density at radius 3 is 2.23 bits per heavy atom. The quantitative estimate of drug-likeness (QED) is 0.494. The summed E-state index contributed by atoms with van der Waals surface area (Å²) in [6.07, 6.45) is 1.13. The third kappa shape index (κ3) is 3.27. The van der Waals surface area contributed by atoms with Crippen molar-refractivity contribution < 1.29 is 23.8 Å². The van der Waals surface area contributed by atoms with Crippen LogP contribution in [0.1, 0.15) is 47.4 Å². The van der Waals surface area contributed by atoms with E-state index in [1.54, 1.807) is 12.1 Å². The van der Waals surface area contributed by atoms with Crippen LogP contribution in [-0.4, -0.2) is 29.8 Å². The van der Waals surface area contributed by atoms with Gasteiger partial charge in [0.25, 0.3) is 0 Å². The van der Waals surface area contributed by atoms with E-state index >= 15 is 0 Å². The number of alkyl carbamates (subject to hydrolysis) is 1. The molecule has 2 N–H and O–H groups in total. The summed E-state index contributed by atoms with van der Waals surface area (Å²) in [5.41, 5.74) is 5.71. The Hall–Kier alpha value is -3.67. The Morgan fingerprint density at radius 2 is 1.63 bits per heavy atom. The Bertz CT molecular complexity index is 1300. The molecule has 1 unspecified atom stereocenters. The smallest absolute Gasteiger partial charge is 0.407 e. The SMILES string of the molecule is Cc1ccc(F)cc1C12CC(C(NC(=O)OCC3c4ccccc4-c4ccccc43)C(=O)O)(C1)C2. The molecule has 5 nitrogen and oxygen atoms in total. The molecule has 7 rings (SSSR count).